The minimum Gasteiger partial charge on any atom is -0.378 e. The predicted octanol–water partition coefficient (Wildman–Crippen LogP) is 0.267. The zero-order valence-corrected chi connectivity index (χ0v) is 14.7. The first kappa shape index (κ1) is 17.1. The molecule has 3 N–H and O–H groups in total. The van der Waals surface area contributed by atoms with Gasteiger partial charge in [0.05, 0.1) is 6.61 Å². The van der Waals surface area contributed by atoms with Gasteiger partial charge in [0.2, 0.25) is 0 Å². The molecule has 0 saturated carbocycles. The molecule has 1 aliphatic carbocycles. The number of methoxy groups -OCH3 is 1. The zero-order chi connectivity index (χ0) is 19.0. The second-order valence-electron chi connectivity index (χ2n) is 6.41. The van der Waals surface area contributed by atoms with E-state index in [1.807, 2.05) is 12.3 Å². The third-order valence-electron chi connectivity index (χ3n) is 4.62. The van der Waals surface area contributed by atoms with Crippen molar-refractivity contribution in [1.82, 2.24) is 24.9 Å². The van der Waals surface area contributed by atoms with Crippen LogP contribution in [0.15, 0.2) is 30.7 Å². The van der Waals surface area contributed by atoms with Crippen LogP contribution in [0.1, 0.15) is 37.7 Å². The highest BCUT2D eigenvalue weighted by atomic mass is 16.5. The Balaban J connectivity index is 1.65. The van der Waals surface area contributed by atoms with Gasteiger partial charge in [0.25, 0.3) is 11.8 Å². The number of rotatable bonds is 5. The van der Waals surface area contributed by atoms with Gasteiger partial charge in [-0.1, -0.05) is 0 Å². The van der Waals surface area contributed by atoms with E-state index in [9.17, 15) is 9.59 Å². The average molecular weight is 366 g/mol. The molecule has 2 amide bonds. The summed E-state index contributed by atoms with van der Waals surface area (Å²) >= 11 is 0. The Morgan fingerprint density at radius 2 is 2.11 bits per heavy atom. The van der Waals surface area contributed by atoms with E-state index in [1.165, 1.54) is 23.4 Å². The van der Waals surface area contributed by atoms with Crippen molar-refractivity contribution in [2.75, 3.05) is 7.11 Å². The molecule has 9 nitrogen and oxygen atoms in total. The topological polar surface area (TPSA) is 124 Å². The van der Waals surface area contributed by atoms with Crippen LogP contribution < -0.4 is 11.1 Å². The first-order valence-electron chi connectivity index (χ1n) is 8.46. The number of aromatic nitrogens is 4. The van der Waals surface area contributed by atoms with Crippen molar-refractivity contribution < 1.29 is 14.3 Å². The van der Waals surface area contributed by atoms with Gasteiger partial charge in [-0.25, -0.2) is 9.50 Å². The zero-order valence-electron chi connectivity index (χ0n) is 14.7. The van der Waals surface area contributed by atoms with Crippen molar-refractivity contribution in [1.29, 1.82) is 0 Å². The highest BCUT2D eigenvalue weighted by Crippen LogP contribution is 2.21. The number of hydrogen-bond donors (Lipinski definition) is 2. The molecular formula is C18H18N6O3. The predicted molar refractivity (Wildman–Crippen MR) is 95.1 cm³/mol. The number of hydrogen-bond acceptors (Lipinski definition) is 6. The van der Waals surface area contributed by atoms with E-state index < -0.39 is 5.91 Å². The highest BCUT2D eigenvalue weighted by molar-refractivity contribution is 6.01. The molecule has 4 rings (SSSR count). The van der Waals surface area contributed by atoms with E-state index in [0.717, 1.165) is 18.4 Å². The Kier molecular flexibility index (Phi) is 4.28. The number of nitrogens with one attached hydrogen (secondary N) is 1. The van der Waals surface area contributed by atoms with Gasteiger partial charge in [0.15, 0.2) is 5.65 Å². The normalized spacial score (nSPS) is 15.7. The lowest BCUT2D eigenvalue weighted by atomic mass is 10.2. The summed E-state index contributed by atoms with van der Waals surface area (Å²) in [5.74, 6) is -0.962. The summed E-state index contributed by atoms with van der Waals surface area (Å²) in [6, 6.07) is 3.50. The molecule has 3 heterocycles. The van der Waals surface area contributed by atoms with Gasteiger partial charge >= 0.3 is 0 Å². The number of pyridine rings is 1. The van der Waals surface area contributed by atoms with Crippen molar-refractivity contribution >= 4 is 17.5 Å². The summed E-state index contributed by atoms with van der Waals surface area (Å²) in [6.07, 6.45) is 6.52. The summed E-state index contributed by atoms with van der Waals surface area (Å²) in [5, 5.41) is 7.34. The van der Waals surface area contributed by atoms with Crippen molar-refractivity contribution in [2.45, 2.75) is 25.5 Å². The van der Waals surface area contributed by atoms with Crippen LogP contribution in [0.4, 0.5) is 0 Å². The molecule has 1 unspecified atom stereocenters. The number of carbonyl (C=O) groups excluding carboxylic acids is 2. The number of nitrogens with two attached hydrogens (primary N) is 1. The van der Waals surface area contributed by atoms with Crippen LogP contribution in [0.25, 0.3) is 5.65 Å². The molecule has 138 valence electrons. The standard InChI is InChI=1S/C18H18N6O3/c1-27-9-13-15(16(19)25)17-21-5-3-14(24(17)23-13)18(26)22-12-6-10-2-4-20-8-11(10)7-12/h2-5,8,12H,6-7,9H2,1H3,(H2,19,25)(H,22,26). The average Bonchev–Trinajstić information content (AvgIpc) is 3.21. The van der Waals surface area contributed by atoms with Crippen LogP contribution in [0.5, 0.6) is 0 Å². The van der Waals surface area contributed by atoms with E-state index in [1.54, 1.807) is 12.3 Å². The number of fused-ring (bicyclic) bond motifs is 2. The first-order valence-corrected chi connectivity index (χ1v) is 8.46. The fourth-order valence-corrected chi connectivity index (χ4v) is 3.45. The second kappa shape index (κ2) is 6.76. The summed E-state index contributed by atoms with van der Waals surface area (Å²) in [7, 11) is 1.49. The van der Waals surface area contributed by atoms with Gasteiger partial charge in [-0.3, -0.25) is 14.6 Å². The lowest BCUT2D eigenvalue weighted by Crippen LogP contribution is -2.36. The van der Waals surface area contributed by atoms with E-state index >= 15 is 0 Å². The Morgan fingerprint density at radius 1 is 1.30 bits per heavy atom. The Morgan fingerprint density at radius 3 is 2.85 bits per heavy atom. The van der Waals surface area contributed by atoms with Crippen molar-refractivity contribution in [3.8, 4) is 0 Å². The third-order valence-corrected chi connectivity index (χ3v) is 4.62. The molecular weight excluding hydrogens is 348 g/mol. The van der Waals surface area contributed by atoms with Gasteiger partial charge in [0, 0.05) is 31.7 Å². The number of amides is 2. The number of carbonyl (C=O) groups is 2. The monoisotopic (exact) mass is 366 g/mol. The van der Waals surface area contributed by atoms with Gasteiger partial charge in [0.1, 0.15) is 17.0 Å². The molecule has 3 aromatic rings. The maximum atomic E-state index is 12.9. The maximum absolute atomic E-state index is 12.9. The fourth-order valence-electron chi connectivity index (χ4n) is 3.45. The lowest BCUT2D eigenvalue weighted by Gasteiger charge is -2.12. The molecule has 0 fully saturated rings. The molecule has 0 aliphatic heterocycles. The van der Waals surface area contributed by atoms with E-state index in [2.05, 4.69) is 20.4 Å². The molecule has 27 heavy (non-hydrogen) atoms. The molecule has 3 aromatic heterocycles. The van der Waals surface area contributed by atoms with Crippen LogP contribution >= 0.6 is 0 Å². The smallest absolute Gasteiger partial charge is 0.270 e. The minimum atomic E-state index is -0.666. The van der Waals surface area contributed by atoms with Gasteiger partial charge in [-0.2, -0.15) is 5.10 Å². The SMILES string of the molecule is COCc1nn2c(C(=O)NC3Cc4ccncc4C3)ccnc2c1C(N)=O. The third kappa shape index (κ3) is 3.02. The van der Waals surface area contributed by atoms with Crippen LogP contribution in [0.2, 0.25) is 0 Å². The van der Waals surface area contributed by atoms with Crippen LogP contribution in [-0.2, 0) is 24.2 Å². The maximum Gasteiger partial charge on any atom is 0.270 e. The van der Waals surface area contributed by atoms with E-state index in [4.69, 9.17) is 10.5 Å². The quantitative estimate of drug-likeness (QED) is 0.668. The molecule has 0 spiro atoms. The Labute approximate surface area is 154 Å². The Bertz CT molecular complexity index is 1020. The van der Waals surface area contributed by atoms with Gasteiger partial charge in [-0.05, 0) is 36.1 Å². The summed E-state index contributed by atoms with van der Waals surface area (Å²) in [5.41, 5.74) is 8.81. The van der Waals surface area contributed by atoms with Crippen molar-refractivity contribution in [2.24, 2.45) is 5.73 Å². The number of ether oxygens (including phenoxy) is 1. The number of primary amides is 1. The van der Waals surface area contributed by atoms with Gasteiger partial charge < -0.3 is 15.8 Å². The van der Waals surface area contributed by atoms with Crippen molar-refractivity contribution in [3.05, 3.63) is 58.8 Å². The van der Waals surface area contributed by atoms with Gasteiger partial charge in [-0.15, -0.1) is 0 Å². The number of nitrogens with zero attached hydrogens (tertiary/aromatic N) is 4. The molecule has 0 bridgehead atoms. The largest absolute Gasteiger partial charge is 0.378 e. The van der Waals surface area contributed by atoms with Crippen LogP contribution in [0.3, 0.4) is 0 Å². The lowest BCUT2D eigenvalue weighted by molar-refractivity contribution is 0.0929. The highest BCUT2D eigenvalue weighted by Gasteiger charge is 2.26. The first-order chi connectivity index (χ1) is 13.1. The molecule has 9 heteroatoms. The molecule has 1 aliphatic rings. The summed E-state index contributed by atoms with van der Waals surface area (Å²) in [4.78, 5) is 33.0. The molecule has 0 radical (unpaired) electrons. The molecule has 0 saturated heterocycles. The molecule has 0 aromatic carbocycles. The fraction of sp³-hybridized carbons (Fsp3) is 0.278. The Hall–Kier alpha value is -3.33. The van der Waals surface area contributed by atoms with Crippen molar-refractivity contribution in [3.63, 3.8) is 0 Å². The second-order valence-corrected chi connectivity index (χ2v) is 6.41. The summed E-state index contributed by atoms with van der Waals surface area (Å²) < 4.78 is 6.41. The van der Waals surface area contributed by atoms with E-state index in [0.29, 0.717) is 5.69 Å². The van der Waals surface area contributed by atoms with Crippen LogP contribution in [0, 0.1) is 0 Å². The summed E-state index contributed by atoms with van der Waals surface area (Å²) in [6.45, 7) is 0.0909. The van der Waals surface area contributed by atoms with E-state index in [-0.39, 0.29) is 35.5 Å². The molecule has 1 atom stereocenters. The van der Waals surface area contributed by atoms with Crippen LogP contribution in [-0.4, -0.2) is 44.5 Å². The minimum absolute atomic E-state index is 0.0236.